The number of cyclic esters (lactones) is 1. The van der Waals surface area contributed by atoms with Crippen molar-refractivity contribution in [2.45, 2.75) is 38.7 Å². The number of fused-ring (bicyclic) bond motifs is 1. The Labute approximate surface area is 156 Å². The summed E-state index contributed by atoms with van der Waals surface area (Å²) >= 11 is 0. The van der Waals surface area contributed by atoms with Gasteiger partial charge in [0.05, 0.1) is 18.7 Å². The van der Waals surface area contributed by atoms with Gasteiger partial charge in [-0.25, -0.2) is 10.3 Å². The Morgan fingerprint density at radius 2 is 2.19 bits per heavy atom. The van der Waals surface area contributed by atoms with E-state index in [1.165, 1.54) is 7.11 Å². The van der Waals surface area contributed by atoms with Gasteiger partial charge < -0.3 is 9.72 Å². The fourth-order valence-corrected chi connectivity index (χ4v) is 3.32. The molecule has 1 aromatic carbocycles. The molecular weight excluding hydrogens is 346 g/mol. The predicted molar refractivity (Wildman–Crippen MR) is 99.1 cm³/mol. The van der Waals surface area contributed by atoms with Crippen molar-refractivity contribution in [3.63, 3.8) is 0 Å². The predicted octanol–water partition coefficient (Wildman–Crippen LogP) is 2.98. The molecular formula is C20H21N3O4. The summed E-state index contributed by atoms with van der Waals surface area (Å²) in [5, 5.41) is 9.91. The van der Waals surface area contributed by atoms with Gasteiger partial charge in [-0.3, -0.25) is 9.63 Å². The molecule has 1 aliphatic rings. The second kappa shape index (κ2) is 8.06. The van der Waals surface area contributed by atoms with E-state index in [4.69, 9.17) is 10.00 Å². The number of ether oxygens (including phenoxy) is 1. The molecule has 0 saturated carbocycles. The Morgan fingerprint density at radius 3 is 2.89 bits per heavy atom. The zero-order chi connectivity index (χ0) is 19.4. The molecule has 0 aliphatic carbocycles. The van der Waals surface area contributed by atoms with Gasteiger partial charge in [-0.2, -0.15) is 5.26 Å². The van der Waals surface area contributed by atoms with Gasteiger partial charge >= 0.3 is 5.97 Å². The first kappa shape index (κ1) is 18.7. The molecule has 0 bridgehead atoms. The molecule has 7 heteroatoms. The van der Waals surface area contributed by atoms with E-state index in [9.17, 15) is 9.59 Å². The zero-order valence-corrected chi connectivity index (χ0v) is 15.3. The lowest BCUT2D eigenvalue weighted by molar-refractivity contribution is -0.142. The third-order valence-electron chi connectivity index (χ3n) is 4.58. The van der Waals surface area contributed by atoms with Crippen LogP contribution < -0.4 is 5.48 Å². The van der Waals surface area contributed by atoms with Crippen molar-refractivity contribution in [2.24, 2.45) is 0 Å². The number of aromatic amines is 1. The summed E-state index contributed by atoms with van der Waals surface area (Å²) < 4.78 is 5.49. The minimum absolute atomic E-state index is 0.0505. The maximum Gasteiger partial charge on any atom is 0.344 e. The maximum absolute atomic E-state index is 12.4. The van der Waals surface area contributed by atoms with Crippen molar-refractivity contribution >= 4 is 28.4 Å². The van der Waals surface area contributed by atoms with E-state index in [0.29, 0.717) is 23.3 Å². The van der Waals surface area contributed by atoms with Crippen LogP contribution in [0.1, 0.15) is 43.9 Å². The summed E-state index contributed by atoms with van der Waals surface area (Å²) in [5.41, 5.74) is 4.67. The van der Waals surface area contributed by atoms with Gasteiger partial charge in [0, 0.05) is 22.2 Å². The average molecular weight is 367 g/mol. The standard InChI is InChI=1S/C20H21N3O4/c1-3-4-5-6-16-17(18(20(25)27-16)19(24)23-26-2)15-10-13-9-12(11-21)7-8-14(13)22-15/h7-10,16,22H,3-6H2,1-2H3,(H,23,24). The number of esters is 1. The quantitative estimate of drug-likeness (QED) is 0.339. The number of H-pyrrole nitrogens is 1. The number of hydrogen-bond donors (Lipinski definition) is 2. The first-order chi connectivity index (χ1) is 13.1. The first-order valence-corrected chi connectivity index (χ1v) is 8.90. The van der Waals surface area contributed by atoms with Crippen LogP contribution in [0.5, 0.6) is 0 Å². The highest BCUT2D eigenvalue weighted by Gasteiger charge is 2.39. The molecule has 0 saturated heterocycles. The van der Waals surface area contributed by atoms with Gasteiger partial charge in [0.25, 0.3) is 5.91 Å². The number of carbonyl (C=O) groups is 2. The molecule has 2 aromatic rings. The third-order valence-corrected chi connectivity index (χ3v) is 4.58. The molecule has 1 aliphatic heterocycles. The largest absolute Gasteiger partial charge is 0.454 e. The number of aromatic nitrogens is 1. The first-order valence-electron chi connectivity index (χ1n) is 8.90. The van der Waals surface area contributed by atoms with Crippen LogP contribution in [0.15, 0.2) is 29.8 Å². The Kier molecular flexibility index (Phi) is 5.57. The van der Waals surface area contributed by atoms with E-state index >= 15 is 0 Å². The van der Waals surface area contributed by atoms with Crippen molar-refractivity contribution in [2.75, 3.05) is 7.11 Å². The van der Waals surface area contributed by atoms with Crippen LogP contribution in [-0.2, 0) is 19.2 Å². The lowest BCUT2D eigenvalue weighted by atomic mass is 9.97. The molecule has 1 atom stereocenters. The number of amides is 1. The second-order valence-corrected chi connectivity index (χ2v) is 6.41. The molecule has 1 aromatic heterocycles. The summed E-state index contributed by atoms with van der Waals surface area (Å²) in [6, 6.07) is 9.21. The van der Waals surface area contributed by atoms with Gasteiger partial charge in [-0.15, -0.1) is 0 Å². The highest BCUT2D eigenvalue weighted by molar-refractivity contribution is 6.24. The SMILES string of the molecule is CCCCCC1OC(=O)C(C(=O)NOC)=C1c1cc2cc(C#N)ccc2[nH]1. The smallest absolute Gasteiger partial charge is 0.344 e. The summed E-state index contributed by atoms with van der Waals surface area (Å²) in [7, 11) is 1.31. The van der Waals surface area contributed by atoms with Crippen LogP contribution in [0, 0.1) is 11.3 Å². The molecule has 0 radical (unpaired) electrons. The average Bonchev–Trinajstić information content (AvgIpc) is 3.21. The topological polar surface area (TPSA) is 104 Å². The van der Waals surface area contributed by atoms with Crippen molar-refractivity contribution in [1.29, 1.82) is 5.26 Å². The van der Waals surface area contributed by atoms with E-state index < -0.39 is 18.0 Å². The second-order valence-electron chi connectivity index (χ2n) is 6.41. The van der Waals surface area contributed by atoms with Crippen LogP contribution in [0.3, 0.4) is 0 Å². The molecule has 27 heavy (non-hydrogen) atoms. The minimum atomic E-state index is -0.655. The molecule has 1 unspecified atom stereocenters. The number of rotatable bonds is 7. The molecule has 1 amide bonds. The zero-order valence-electron chi connectivity index (χ0n) is 15.3. The van der Waals surface area contributed by atoms with Crippen LogP contribution in [0.4, 0.5) is 0 Å². The van der Waals surface area contributed by atoms with Gasteiger partial charge in [-0.1, -0.05) is 19.8 Å². The van der Waals surface area contributed by atoms with Gasteiger partial charge in [0.2, 0.25) is 0 Å². The number of benzene rings is 1. The van der Waals surface area contributed by atoms with E-state index in [1.54, 1.807) is 18.2 Å². The van der Waals surface area contributed by atoms with Crippen LogP contribution >= 0.6 is 0 Å². The number of hydrogen-bond acceptors (Lipinski definition) is 5. The number of nitrogens with one attached hydrogen (secondary N) is 2. The van der Waals surface area contributed by atoms with Gasteiger partial charge in [-0.05, 0) is 37.1 Å². The van der Waals surface area contributed by atoms with Crippen LogP contribution in [0.2, 0.25) is 0 Å². The summed E-state index contributed by atoms with van der Waals surface area (Å²) in [5.74, 6) is -1.29. The van der Waals surface area contributed by atoms with Gasteiger partial charge in [0.15, 0.2) is 0 Å². The number of nitriles is 1. The Morgan fingerprint density at radius 1 is 1.37 bits per heavy atom. The molecule has 0 fully saturated rings. The minimum Gasteiger partial charge on any atom is -0.454 e. The third kappa shape index (κ3) is 3.71. The van der Waals surface area contributed by atoms with Crippen LogP contribution in [0.25, 0.3) is 16.5 Å². The molecule has 3 rings (SSSR count). The van der Waals surface area contributed by atoms with Crippen LogP contribution in [-0.4, -0.2) is 30.1 Å². The molecule has 7 nitrogen and oxygen atoms in total. The van der Waals surface area contributed by atoms with E-state index in [2.05, 4.69) is 28.3 Å². The normalized spacial score (nSPS) is 16.5. The maximum atomic E-state index is 12.4. The molecule has 140 valence electrons. The summed E-state index contributed by atoms with van der Waals surface area (Å²) in [4.78, 5) is 32.7. The molecule has 2 N–H and O–H groups in total. The van der Waals surface area contributed by atoms with Crippen molar-refractivity contribution in [3.05, 3.63) is 41.1 Å². The Bertz CT molecular complexity index is 952. The highest BCUT2D eigenvalue weighted by atomic mass is 16.6. The van der Waals surface area contributed by atoms with Crippen molar-refractivity contribution in [1.82, 2.24) is 10.5 Å². The molecule has 2 heterocycles. The number of carbonyl (C=O) groups excluding carboxylic acids is 2. The van der Waals surface area contributed by atoms with E-state index in [0.717, 1.165) is 30.2 Å². The fraction of sp³-hybridized carbons (Fsp3) is 0.350. The Hall–Kier alpha value is -3.11. The fourth-order valence-electron chi connectivity index (χ4n) is 3.32. The Balaban J connectivity index is 2.07. The van der Waals surface area contributed by atoms with E-state index in [-0.39, 0.29) is 5.57 Å². The number of nitrogens with zero attached hydrogens (tertiary/aromatic N) is 1. The van der Waals surface area contributed by atoms with Gasteiger partial charge in [0.1, 0.15) is 11.7 Å². The van der Waals surface area contributed by atoms with Crippen molar-refractivity contribution < 1.29 is 19.2 Å². The van der Waals surface area contributed by atoms with E-state index in [1.807, 2.05) is 6.07 Å². The summed E-state index contributed by atoms with van der Waals surface area (Å²) in [6.45, 7) is 2.10. The lowest BCUT2D eigenvalue weighted by Gasteiger charge is -2.13. The highest BCUT2D eigenvalue weighted by Crippen LogP contribution is 2.35. The number of hydroxylamine groups is 1. The van der Waals surface area contributed by atoms with Crippen molar-refractivity contribution in [3.8, 4) is 6.07 Å². The molecule has 0 spiro atoms. The summed E-state index contributed by atoms with van der Waals surface area (Å²) in [6.07, 6.45) is 3.08. The number of unbranched alkanes of at least 4 members (excludes halogenated alkanes) is 2. The lowest BCUT2D eigenvalue weighted by Crippen LogP contribution is -2.26. The monoisotopic (exact) mass is 367 g/mol.